The lowest BCUT2D eigenvalue weighted by Crippen LogP contribution is -2.54. The Bertz CT molecular complexity index is 912. The molecule has 0 N–H and O–H groups in total. The first-order chi connectivity index (χ1) is 14.4. The van der Waals surface area contributed by atoms with Gasteiger partial charge in [-0.2, -0.15) is 0 Å². The molecule has 2 aliphatic heterocycles. The van der Waals surface area contributed by atoms with Crippen molar-refractivity contribution in [2.75, 3.05) is 26.4 Å². The highest BCUT2D eigenvalue weighted by Gasteiger charge is 2.25. The summed E-state index contributed by atoms with van der Waals surface area (Å²) in [6.45, 7) is 4.09. The van der Waals surface area contributed by atoms with Crippen LogP contribution in [0.15, 0.2) is 27.0 Å². The zero-order chi connectivity index (χ0) is 21.7. The van der Waals surface area contributed by atoms with Crippen LogP contribution in [-0.2, 0) is 48.2 Å². The van der Waals surface area contributed by atoms with Crippen LogP contribution in [0.3, 0.4) is 0 Å². The smallest absolute Gasteiger partial charge is 0.336 e. The maximum absolute atomic E-state index is 12.7. The van der Waals surface area contributed by atoms with E-state index < -0.39 is 29.0 Å². The number of carbonyl (C=O) groups excluding carboxylic acids is 2. The highest BCUT2D eigenvalue weighted by atomic mass is 16.6. The number of allylic oxidation sites excluding steroid dienone is 1. The van der Waals surface area contributed by atoms with Crippen LogP contribution in [-0.4, -0.2) is 64.3 Å². The van der Waals surface area contributed by atoms with Gasteiger partial charge >= 0.3 is 29.0 Å². The fraction of sp³-hybridized carbons (Fsp3) is 0.611. The van der Waals surface area contributed by atoms with Crippen molar-refractivity contribution < 1.29 is 28.5 Å². The molecule has 12 heteroatoms. The van der Waals surface area contributed by atoms with Crippen LogP contribution < -0.4 is 17.1 Å². The van der Waals surface area contributed by atoms with Gasteiger partial charge in [0, 0.05) is 13.1 Å². The van der Waals surface area contributed by atoms with Crippen LogP contribution >= 0.6 is 0 Å². The lowest BCUT2D eigenvalue weighted by molar-refractivity contribution is -0.145. The van der Waals surface area contributed by atoms with Crippen LogP contribution in [0.25, 0.3) is 0 Å². The third-order valence-electron chi connectivity index (χ3n) is 4.44. The van der Waals surface area contributed by atoms with E-state index in [1.807, 2.05) is 0 Å². The molecule has 2 saturated heterocycles. The summed E-state index contributed by atoms with van der Waals surface area (Å²) in [4.78, 5) is 61.4. The molecule has 0 saturated carbocycles. The first-order valence-corrected chi connectivity index (χ1v) is 9.50. The second-order valence-electron chi connectivity index (χ2n) is 6.83. The summed E-state index contributed by atoms with van der Waals surface area (Å²) in [6, 6.07) is 0. The highest BCUT2D eigenvalue weighted by Crippen LogP contribution is 2.09. The number of hydrogen-bond acceptors (Lipinski definition) is 9. The van der Waals surface area contributed by atoms with Gasteiger partial charge < -0.3 is 18.9 Å². The van der Waals surface area contributed by atoms with Gasteiger partial charge in [0.1, 0.15) is 25.4 Å². The standard InChI is InChI=1S/C18H23N3O9/c1-2-5-19-16(24)20(6-3-14(22)29-10-12-8-27-12)18(26)21(17(19)25)7-4-15(23)30-11-13-9-28-13/h2,12-13H,1,3-11H2. The van der Waals surface area contributed by atoms with E-state index >= 15 is 0 Å². The Morgan fingerprint density at radius 3 is 1.63 bits per heavy atom. The number of carbonyl (C=O) groups is 2. The second kappa shape index (κ2) is 9.67. The Balaban J connectivity index is 1.72. The topological polar surface area (TPSA) is 144 Å². The molecule has 2 unspecified atom stereocenters. The molecule has 2 aliphatic rings. The number of esters is 2. The quantitative estimate of drug-likeness (QED) is 0.211. The molecule has 0 amide bonds. The molecule has 2 atom stereocenters. The van der Waals surface area contributed by atoms with Gasteiger partial charge in [-0.25, -0.2) is 28.1 Å². The number of hydrogen-bond donors (Lipinski definition) is 0. The van der Waals surface area contributed by atoms with Crippen LogP contribution in [0.2, 0.25) is 0 Å². The first kappa shape index (κ1) is 21.7. The summed E-state index contributed by atoms with van der Waals surface area (Å²) in [5.41, 5.74) is -2.65. The van der Waals surface area contributed by atoms with E-state index in [2.05, 4.69) is 6.58 Å². The van der Waals surface area contributed by atoms with Crippen LogP contribution in [0.1, 0.15) is 12.8 Å². The molecule has 1 aromatic heterocycles. The minimum atomic E-state index is -0.915. The Morgan fingerprint density at radius 1 is 0.867 bits per heavy atom. The number of nitrogens with zero attached hydrogens (tertiary/aromatic N) is 3. The molecule has 0 bridgehead atoms. The molecule has 0 spiro atoms. The minimum Gasteiger partial charge on any atom is -0.463 e. The van der Waals surface area contributed by atoms with E-state index in [1.54, 1.807) is 0 Å². The van der Waals surface area contributed by atoms with Gasteiger partial charge in [-0.15, -0.1) is 6.58 Å². The van der Waals surface area contributed by atoms with Crippen molar-refractivity contribution in [1.29, 1.82) is 0 Å². The van der Waals surface area contributed by atoms with E-state index in [9.17, 15) is 24.0 Å². The molecule has 1 aromatic rings. The molecule has 3 heterocycles. The summed E-state index contributed by atoms with van der Waals surface area (Å²) < 4.78 is 22.2. The zero-order valence-corrected chi connectivity index (χ0v) is 16.3. The van der Waals surface area contributed by atoms with Crippen LogP contribution in [0.5, 0.6) is 0 Å². The predicted molar refractivity (Wildman–Crippen MR) is 100 cm³/mol. The molecule has 3 rings (SSSR count). The summed E-state index contributed by atoms with van der Waals surface area (Å²) in [7, 11) is 0. The molecule has 0 radical (unpaired) electrons. The molecule has 30 heavy (non-hydrogen) atoms. The van der Waals surface area contributed by atoms with Gasteiger partial charge in [-0.3, -0.25) is 9.59 Å². The average Bonchev–Trinajstić information content (AvgIpc) is 3.62. The summed E-state index contributed by atoms with van der Waals surface area (Å²) in [5.74, 6) is -1.20. The van der Waals surface area contributed by atoms with Gasteiger partial charge in [0.05, 0.1) is 32.6 Å². The van der Waals surface area contributed by atoms with Crippen LogP contribution in [0, 0.1) is 0 Å². The maximum atomic E-state index is 12.7. The summed E-state index contributed by atoms with van der Waals surface area (Å²) >= 11 is 0. The fourth-order valence-electron chi connectivity index (χ4n) is 2.60. The van der Waals surface area contributed by atoms with Gasteiger partial charge in [0.15, 0.2) is 0 Å². The second-order valence-corrected chi connectivity index (χ2v) is 6.83. The Hall–Kier alpha value is -2.99. The molecule has 12 nitrogen and oxygen atoms in total. The van der Waals surface area contributed by atoms with Gasteiger partial charge in [-0.1, -0.05) is 6.08 Å². The largest absolute Gasteiger partial charge is 0.463 e. The van der Waals surface area contributed by atoms with E-state index in [-0.39, 0.29) is 57.9 Å². The maximum Gasteiger partial charge on any atom is 0.336 e. The summed E-state index contributed by atoms with van der Waals surface area (Å²) in [5, 5.41) is 0. The van der Waals surface area contributed by atoms with E-state index in [0.717, 1.165) is 13.7 Å². The number of aromatic nitrogens is 3. The molecular weight excluding hydrogens is 402 g/mol. The van der Waals surface area contributed by atoms with Crippen molar-refractivity contribution in [3.63, 3.8) is 0 Å². The average molecular weight is 425 g/mol. The molecule has 2 fully saturated rings. The highest BCUT2D eigenvalue weighted by molar-refractivity contribution is 5.69. The Kier molecular flexibility index (Phi) is 7.00. The Labute approximate surface area is 170 Å². The van der Waals surface area contributed by atoms with Crippen molar-refractivity contribution in [3.05, 3.63) is 44.1 Å². The first-order valence-electron chi connectivity index (χ1n) is 9.50. The Morgan fingerprint density at radius 2 is 1.27 bits per heavy atom. The minimum absolute atomic E-state index is 0.102. The SMILES string of the molecule is C=CCn1c(=O)n(CCC(=O)OCC2CO2)c(=O)n(CCC(=O)OCC2CO2)c1=O. The number of rotatable bonds is 12. The molecule has 0 aromatic carbocycles. The third kappa shape index (κ3) is 5.76. The normalized spacial score (nSPS) is 19.2. The fourth-order valence-corrected chi connectivity index (χ4v) is 2.60. The molecule has 0 aliphatic carbocycles. The summed E-state index contributed by atoms with van der Waals surface area (Å²) in [6.07, 6.45) is 0.648. The number of ether oxygens (including phenoxy) is 4. The van der Waals surface area contributed by atoms with Gasteiger partial charge in [0.2, 0.25) is 0 Å². The zero-order valence-electron chi connectivity index (χ0n) is 16.3. The number of epoxide rings is 2. The van der Waals surface area contributed by atoms with Crippen molar-refractivity contribution in [2.45, 2.75) is 44.7 Å². The van der Waals surface area contributed by atoms with Crippen molar-refractivity contribution in [1.82, 2.24) is 13.7 Å². The lowest BCUT2D eigenvalue weighted by atomic mass is 10.4. The molecule has 164 valence electrons. The van der Waals surface area contributed by atoms with Gasteiger partial charge in [-0.05, 0) is 0 Å². The monoisotopic (exact) mass is 425 g/mol. The van der Waals surface area contributed by atoms with Crippen molar-refractivity contribution >= 4 is 11.9 Å². The van der Waals surface area contributed by atoms with Gasteiger partial charge in [0.25, 0.3) is 0 Å². The van der Waals surface area contributed by atoms with Crippen molar-refractivity contribution in [2.24, 2.45) is 0 Å². The van der Waals surface area contributed by atoms with Crippen molar-refractivity contribution in [3.8, 4) is 0 Å². The van der Waals surface area contributed by atoms with Crippen LogP contribution in [0.4, 0.5) is 0 Å². The predicted octanol–water partition coefficient (Wildman–Crippen LogP) is -1.98. The van der Waals surface area contributed by atoms with E-state index in [0.29, 0.717) is 13.2 Å². The molecular formula is C18H23N3O9. The third-order valence-corrected chi connectivity index (χ3v) is 4.44. The van der Waals surface area contributed by atoms with E-state index in [4.69, 9.17) is 18.9 Å². The lowest BCUT2D eigenvalue weighted by Gasteiger charge is -2.13. The van der Waals surface area contributed by atoms with E-state index in [1.165, 1.54) is 6.08 Å².